The number of aliphatic hydroxyl groups is 2. The molecule has 1 aliphatic rings. The average Bonchev–Trinajstić information content (AvgIpc) is 3.21. The Morgan fingerprint density at radius 3 is 2.71 bits per heavy atom. The van der Waals surface area contributed by atoms with E-state index in [9.17, 15) is 10.2 Å². The molecule has 3 aromatic heterocycles. The van der Waals surface area contributed by atoms with Crippen LogP contribution >= 0.6 is 0 Å². The summed E-state index contributed by atoms with van der Waals surface area (Å²) in [5.74, 6) is 0.709. The summed E-state index contributed by atoms with van der Waals surface area (Å²) in [4.78, 5) is 17.1. The smallest absolute Gasteiger partial charge is 0.231 e. The van der Waals surface area contributed by atoms with Crippen molar-refractivity contribution in [1.82, 2.24) is 24.5 Å². The zero-order chi connectivity index (χ0) is 19.9. The minimum absolute atomic E-state index is 0.266. The molecule has 1 aliphatic heterocycles. The Balaban J connectivity index is 1.79. The maximum atomic E-state index is 15.2. The predicted molar refractivity (Wildman–Crippen MR) is 98.9 cm³/mol. The van der Waals surface area contributed by atoms with Crippen molar-refractivity contribution in [1.29, 1.82) is 0 Å². The minimum Gasteiger partial charge on any atom is -0.394 e. The van der Waals surface area contributed by atoms with Gasteiger partial charge in [0.2, 0.25) is 5.95 Å². The Labute approximate surface area is 159 Å². The van der Waals surface area contributed by atoms with Gasteiger partial charge in [0.05, 0.1) is 12.9 Å². The van der Waals surface area contributed by atoms with E-state index in [0.29, 0.717) is 17.0 Å². The quantitative estimate of drug-likeness (QED) is 0.504. The molecule has 4 heterocycles. The van der Waals surface area contributed by atoms with E-state index in [1.807, 2.05) is 0 Å². The number of halogens is 1. The predicted octanol–water partition coefficient (Wildman–Crippen LogP) is 0.985. The number of fused-ring (bicyclic) bond motifs is 1. The van der Waals surface area contributed by atoms with Gasteiger partial charge in [0.15, 0.2) is 28.9 Å². The van der Waals surface area contributed by atoms with Gasteiger partial charge in [-0.05, 0) is 19.1 Å². The lowest BCUT2D eigenvalue weighted by atomic mass is 9.98. The van der Waals surface area contributed by atoms with Crippen LogP contribution in [0.5, 0.6) is 0 Å². The summed E-state index contributed by atoms with van der Waals surface area (Å²) in [6.45, 7) is 0.718. The van der Waals surface area contributed by atoms with Crippen molar-refractivity contribution in [2.75, 3.05) is 24.3 Å². The van der Waals surface area contributed by atoms with E-state index in [1.54, 1.807) is 31.6 Å². The summed E-state index contributed by atoms with van der Waals surface area (Å²) >= 11 is 0. The van der Waals surface area contributed by atoms with Crippen molar-refractivity contribution < 1.29 is 19.3 Å². The Bertz CT molecular complexity index is 982. The molecule has 0 spiro atoms. The third kappa shape index (κ3) is 2.93. The Morgan fingerprint density at radius 2 is 2.07 bits per heavy atom. The van der Waals surface area contributed by atoms with E-state index >= 15 is 4.39 Å². The summed E-state index contributed by atoms with van der Waals surface area (Å²) in [6, 6.07) is 3.51. The number of aliphatic hydroxyl groups excluding tert-OH is 2. The molecular weight excluding hydrogens is 369 g/mol. The molecule has 0 unspecified atom stereocenters. The molecule has 0 aromatic carbocycles. The molecule has 1 saturated heterocycles. The van der Waals surface area contributed by atoms with Crippen LogP contribution in [0.3, 0.4) is 0 Å². The largest absolute Gasteiger partial charge is 0.394 e. The highest BCUT2D eigenvalue weighted by atomic mass is 19.1. The number of imidazole rings is 1. The third-order valence-electron chi connectivity index (χ3n) is 4.74. The maximum absolute atomic E-state index is 15.2. The van der Waals surface area contributed by atoms with E-state index in [-0.39, 0.29) is 5.95 Å². The van der Waals surface area contributed by atoms with Crippen LogP contribution in [0.15, 0.2) is 30.9 Å². The second-order valence-corrected chi connectivity index (χ2v) is 6.64. The van der Waals surface area contributed by atoms with Crippen molar-refractivity contribution in [3.63, 3.8) is 0 Å². The number of aromatic nitrogens is 5. The number of rotatable bonds is 5. The summed E-state index contributed by atoms with van der Waals surface area (Å²) in [6.07, 6.45) is 0.893. The second kappa shape index (κ2) is 6.93. The molecule has 10 nitrogen and oxygen atoms in total. The number of anilines is 3. The molecule has 0 radical (unpaired) electrons. The average molecular weight is 389 g/mol. The first-order chi connectivity index (χ1) is 13.5. The molecule has 0 aliphatic carbocycles. The monoisotopic (exact) mass is 389 g/mol. The van der Waals surface area contributed by atoms with Crippen molar-refractivity contribution in [3.8, 4) is 0 Å². The van der Waals surface area contributed by atoms with Crippen LogP contribution < -0.4 is 10.6 Å². The van der Waals surface area contributed by atoms with Gasteiger partial charge < -0.3 is 25.6 Å². The number of pyridine rings is 1. The maximum Gasteiger partial charge on any atom is 0.231 e. The van der Waals surface area contributed by atoms with Crippen LogP contribution in [0, 0.1) is 0 Å². The summed E-state index contributed by atoms with van der Waals surface area (Å²) in [7, 11) is 1.69. The Kier molecular flexibility index (Phi) is 4.57. The first-order valence-electron chi connectivity index (χ1n) is 8.68. The van der Waals surface area contributed by atoms with Gasteiger partial charge in [-0.15, -0.1) is 0 Å². The Morgan fingerprint density at radius 1 is 1.32 bits per heavy atom. The fourth-order valence-electron chi connectivity index (χ4n) is 3.25. The van der Waals surface area contributed by atoms with Gasteiger partial charge >= 0.3 is 0 Å². The summed E-state index contributed by atoms with van der Waals surface area (Å²) in [5.41, 5.74) is -0.685. The van der Waals surface area contributed by atoms with Crippen molar-refractivity contribution in [3.05, 3.63) is 30.9 Å². The van der Waals surface area contributed by atoms with Crippen LogP contribution in [0.4, 0.5) is 21.8 Å². The van der Waals surface area contributed by atoms with E-state index < -0.39 is 30.7 Å². The van der Waals surface area contributed by atoms with Gasteiger partial charge in [-0.2, -0.15) is 9.97 Å². The first kappa shape index (κ1) is 18.5. The fraction of sp³-hybridized carbons (Fsp3) is 0.412. The van der Waals surface area contributed by atoms with Crippen LogP contribution in [0.2, 0.25) is 0 Å². The standard InChI is InChI=1S/C17H20FN7O3/c1-17(18)12(27)10(7-26)28-15(17)25-8-21-11-13(19-2)23-16(24-14(11)25)22-9-3-5-20-6-4-9/h3-6,8,10,12,15,26-27H,7H2,1-2H3,(H2,19,20,22,23,24)/t10-,12-,15-,17-/m1/s1. The van der Waals surface area contributed by atoms with Gasteiger partial charge in [-0.25, -0.2) is 9.37 Å². The molecule has 148 valence electrons. The van der Waals surface area contributed by atoms with Crippen LogP contribution in [0.1, 0.15) is 13.2 Å². The zero-order valence-electron chi connectivity index (χ0n) is 15.2. The summed E-state index contributed by atoms with van der Waals surface area (Å²) in [5, 5.41) is 25.5. The minimum atomic E-state index is -2.15. The number of hydrogen-bond acceptors (Lipinski definition) is 9. The molecule has 0 amide bonds. The number of alkyl halides is 1. The van der Waals surface area contributed by atoms with Gasteiger partial charge in [0, 0.05) is 25.1 Å². The topological polar surface area (TPSA) is 130 Å². The van der Waals surface area contributed by atoms with Crippen molar-refractivity contribution in [2.24, 2.45) is 0 Å². The van der Waals surface area contributed by atoms with Gasteiger partial charge in [0.1, 0.15) is 12.2 Å². The summed E-state index contributed by atoms with van der Waals surface area (Å²) < 4.78 is 22.2. The van der Waals surface area contributed by atoms with Crippen molar-refractivity contribution >= 4 is 28.6 Å². The highest BCUT2D eigenvalue weighted by Gasteiger charge is 2.55. The fourth-order valence-corrected chi connectivity index (χ4v) is 3.25. The molecule has 28 heavy (non-hydrogen) atoms. The van der Waals surface area contributed by atoms with E-state index in [1.165, 1.54) is 17.8 Å². The van der Waals surface area contributed by atoms with E-state index in [0.717, 1.165) is 5.69 Å². The normalized spacial score (nSPS) is 27.2. The highest BCUT2D eigenvalue weighted by Crippen LogP contribution is 2.42. The number of nitrogens with one attached hydrogen (secondary N) is 2. The number of nitrogens with zero attached hydrogens (tertiary/aromatic N) is 5. The van der Waals surface area contributed by atoms with Crippen molar-refractivity contribution in [2.45, 2.75) is 31.0 Å². The first-order valence-corrected chi connectivity index (χ1v) is 8.68. The van der Waals surface area contributed by atoms with Gasteiger partial charge in [-0.1, -0.05) is 0 Å². The van der Waals surface area contributed by atoms with Crippen LogP contribution in [-0.2, 0) is 4.74 Å². The van der Waals surface area contributed by atoms with E-state index in [4.69, 9.17) is 4.74 Å². The molecule has 3 aromatic rings. The SMILES string of the molecule is CNc1nc(Nc2ccncc2)nc2c1ncn2[C@@H]1O[C@H](CO)[C@@H](O)[C@@]1(C)F. The lowest BCUT2D eigenvalue weighted by Crippen LogP contribution is -2.40. The second-order valence-electron chi connectivity index (χ2n) is 6.64. The lowest BCUT2D eigenvalue weighted by Gasteiger charge is -2.24. The lowest BCUT2D eigenvalue weighted by molar-refractivity contribution is -0.0566. The third-order valence-corrected chi connectivity index (χ3v) is 4.74. The molecule has 4 atom stereocenters. The molecule has 0 bridgehead atoms. The van der Waals surface area contributed by atoms with E-state index in [2.05, 4.69) is 30.6 Å². The van der Waals surface area contributed by atoms with Gasteiger partial charge in [-0.3, -0.25) is 9.55 Å². The Hall–Kier alpha value is -2.89. The molecule has 0 saturated carbocycles. The molecular formula is C17H20FN7O3. The van der Waals surface area contributed by atoms with Crippen LogP contribution in [-0.4, -0.2) is 66.2 Å². The molecule has 1 fully saturated rings. The number of hydrogen-bond donors (Lipinski definition) is 4. The molecule has 4 N–H and O–H groups in total. The molecule has 4 rings (SSSR count). The highest BCUT2D eigenvalue weighted by molar-refractivity contribution is 5.84. The molecule has 11 heteroatoms. The van der Waals surface area contributed by atoms with Gasteiger partial charge in [0.25, 0.3) is 0 Å². The van der Waals surface area contributed by atoms with Crippen LogP contribution in [0.25, 0.3) is 11.2 Å². The number of ether oxygens (including phenoxy) is 1. The zero-order valence-corrected chi connectivity index (χ0v) is 15.2.